The summed E-state index contributed by atoms with van der Waals surface area (Å²) in [6.45, 7) is 5.36. The van der Waals surface area contributed by atoms with Crippen molar-refractivity contribution >= 4 is 12.1 Å². The van der Waals surface area contributed by atoms with Gasteiger partial charge in [0.05, 0.1) is 12.1 Å². The predicted octanol–water partition coefficient (Wildman–Crippen LogP) is 2.17. The SMILES string of the molecule is CC(C)(C)OC(=O)n1cnc(C2(CC(=O)O)CC2)c1. The van der Waals surface area contributed by atoms with Crippen LogP contribution in [-0.2, 0) is 14.9 Å². The highest BCUT2D eigenvalue weighted by Crippen LogP contribution is 2.50. The highest BCUT2D eigenvalue weighted by molar-refractivity contribution is 5.72. The summed E-state index contributed by atoms with van der Waals surface area (Å²) in [7, 11) is 0. The number of imidazole rings is 1. The van der Waals surface area contributed by atoms with Crippen molar-refractivity contribution in [2.24, 2.45) is 0 Å². The van der Waals surface area contributed by atoms with Crippen LogP contribution in [0.25, 0.3) is 0 Å². The van der Waals surface area contributed by atoms with E-state index < -0.39 is 17.7 Å². The van der Waals surface area contributed by atoms with Crippen LogP contribution in [0.4, 0.5) is 4.79 Å². The second-order valence-corrected chi connectivity index (χ2v) is 6.00. The Labute approximate surface area is 111 Å². The number of carbonyl (C=O) groups is 2. The maximum atomic E-state index is 11.8. The van der Waals surface area contributed by atoms with Crippen molar-refractivity contribution < 1.29 is 19.4 Å². The number of carboxylic acid groups (broad SMARTS) is 1. The topological polar surface area (TPSA) is 81.4 Å². The molecule has 0 spiro atoms. The van der Waals surface area contributed by atoms with Crippen LogP contribution >= 0.6 is 0 Å². The third-order valence-electron chi connectivity index (χ3n) is 3.07. The van der Waals surface area contributed by atoms with Crippen LogP contribution in [0.2, 0.25) is 0 Å². The van der Waals surface area contributed by atoms with Crippen LogP contribution in [0, 0.1) is 0 Å². The summed E-state index contributed by atoms with van der Waals surface area (Å²) in [5, 5.41) is 8.89. The van der Waals surface area contributed by atoms with Gasteiger partial charge < -0.3 is 9.84 Å². The summed E-state index contributed by atoms with van der Waals surface area (Å²) < 4.78 is 6.49. The summed E-state index contributed by atoms with van der Waals surface area (Å²) >= 11 is 0. The molecule has 0 bridgehead atoms. The number of hydrogen-bond donors (Lipinski definition) is 1. The Hall–Kier alpha value is -1.85. The van der Waals surface area contributed by atoms with E-state index in [9.17, 15) is 9.59 Å². The van der Waals surface area contributed by atoms with Gasteiger partial charge in [0, 0.05) is 11.6 Å². The fourth-order valence-corrected chi connectivity index (χ4v) is 1.97. The Kier molecular flexibility index (Phi) is 3.12. The molecular weight excluding hydrogens is 248 g/mol. The lowest BCUT2D eigenvalue weighted by Crippen LogP contribution is -2.26. The first-order valence-electron chi connectivity index (χ1n) is 6.21. The summed E-state index contributed by atoms with van der Waals surface area (Å²) in [6.07, 6.45) is 4.10. The number of nitrogens with zero attached hydrogens (tertiary/aromatic N) is 2. The molecule has 0 saturated heterocycles. The number of rotatable bonds is 3. The molecule has 1 fully saturated rings. The average Bonchev–Trinajstić information content (AvgIpc) is 2.84. The van der Waals surface area contributed by atoms with Crippen LogP contribution in [0.15, 0.2) is 12.5 Å². The Balaban J connectivity index is 2.12. The van der Waals surface area contributed by atoms with Crippen molar-refractivity contribution in [1.82, 2.24) is 9.55 Å². The van der Waals surface area contributed by atoms with Crippen molar-refractivity contribution in [3.63, 3.8) is 0 Å². The van der Waals surface area contributed by atoms with E-state index >= 15 is 0 Å². The minimum absolute atomic E-state index is 0.0539. The molecular formula is C13H18N2O4. The number of hydrogen-bond acceptors (Lipinski definition) is 4. The largest absolute Gasteiger partial charge is 0.481 e. The van der Waals surface area contributed by atoms with Gasteiger partial charge in [0.1, 0.15) is 11.9 Å². The van der Waals surface area contributed by atoms with Gasteiger partial charge in [0.2, 0.25) is 0 Å². The molecule has 1 saturated carbocycles. The van der Waals surface area contributed by atoms with Gasteiger partial charge in [-0.15, -0.1) is 0 Å². The molecule has 1 aliphatic rings. The Morgan fingerprint density at radius 1 is 1.47 bits per heavy atom. The van der Waals surface area contributed by atoms with E-state index in [2.05, 4.69) is 4.98 Å². The van der Waals surface area contributed by atoms with E-state index in [0.717, 1.165) is 12.8 Å². The highest BCUT2D eigenvalue weighted by atomic mass is 16.6. The highest BCUT2D eigenvalue weighted by Gasteiger charge is 2.48. The molecule has 1 N–H and O–H groups in total. The van der Waals surface area contributed by atoms with Gasteiger partial charge in [-0.25, -0.2) is 14.3 Å². The molecule has 0 aromatic carbocycles. The molecule has 0 radical (unpaired) electrons. The lowest BCUT2D eigenvalue weighted by molar-refractivity contribution is -0.137. The number of carboxylic acids is 1. The molecule has 0 aliphatic heterocycles. The monoisotopic (exact) mass is 266 g/mol. The summed E-state index contributed by atoms with van der Waals surface area (Å²) in [6, 6.07) is 0. The van der Waals surface area contributed by atoms with E-state index in [1.54, 1.807) is 27.0 Å². The van der Waals surface area contributed by atoms with Crippen molar-refractivity contribution in [2.75, 3.05) is 0 Å². The Bertz CT molecular complexity index is 509. The molecule has 6 heteroatoms. The molecule has 104 valence electrons. The lowest BCUT2D eigenvalue weighted by atomic mass is 9.99. The number of aromatic nitrogens is 2. The second kappa shape index (κ2) is 4.36. The van der Waals surface area contributed by atoms with E-state index in [1.165, 1.54) is 10.9 Å². The van der Waals surface area contributed by atoms with Gasteiger partial charge in [-0.1, -0.05) is 0 Å². The van der Waals surface area contributed by atoms with Gasteiger partial charge in [-0.3, -0.25) is 4.79 Å². The minimum atomic E-state index is -0.843. The molecule has 2 rings (SSSR count). The zero-order chi connectivity index (χ0) is 14.3. The molecule has 6 nitrogen and oxygen atoms in total. The van der Waals surface area contributed by atoms with Crippen LogP contribution in [-0.4, -0.2) is 32.3 Å². The summed E-state index contributed by atoms with van der Waals surface area (Å²) in [5.74, 6) is -0.843. The number of carbonyl (C=O) groups excluding carboxylic acids is 1. The molecule has 0 unspecified atom stereocenters. The van der Waals surface area contributed by atoms with E-state index in [4.69, 9.17) is 9.84 Å². The lowest BCUT2D eigenvalue weighted by Gasteiger charge is -2.19. The third kappa shape index (κ3) is 3.13. The van der Waals surface area contributed by atoms with Crippen molar-refractivity contribution in [2.45, 2.75) is 51.0 Å². The maximum absolute atomic E-state index is 11.8. The molecule has 0 amide bonds. The molecule has 1 aromatic rings. The first kappa shape index (κ1) is 13.6. The van der Waals surface area contributed by atoms with Gasteiger partial charge >= 0.3 is 12.1 Å². The van der Waals surface area contributed by atoms with E-state index in [1.807, 2.05) is 0 Å². The van der Waals surface area contributed by atoms with Crippen molar-refractivity contribution in [3.05, 3.63) is 18.2 Å². The number of ether oxygens (including phenoxy) is 1. The van der Waals surface area contributed by atoms with Crippen molar-refractivity contribution in [1.29, 1.82) is 0 Å². The van der Waals surface area contributed by atoms with Crippen LogP contribution in [0.5, 0.6) is 0 Å². The summed E-state index contributed by atoms with van der Waals surface area (Å²) in [5.41, 5.74) is -0.306. The predicted molar refractivity (Wildman–Crippen MR) is 67.0 cm³/mol. The first-order valence-corrected chi connectivity index (χ1v) is 6.21. The molecule has 0 atom stereocenters. The zero-order valence-corrected chi connectivity index (χ0v) is 11.3. The van der Waals surface area contributed by atoms with E-state index in [-0.39, 0.29) is 11.8 Å². The first-order chi connectivity index (χ1) is 8.72. The maximum Gasteiger partial charge on any atom is 0.419 e. The molecule has 1 heterocycles. The quantitative estimate of drug-likeness (QED) is 0.906. The van der Waals surface area contributed by atoms with Gasteiger partial charge in [-0.05, 0) is 33.6 Å². The van der Waals surface area contributed by atoms with Crippen LogP contribution in [0.1, 0.15) is 45.7 Å². The van der Waals surface area contributed by atoms with Crippen LogP contribution in [0.3, 0.4) is 0 Å². The second-order valence-electron chi connectivity index (χ2n) is 6.00. The minimum Gasteiger partial charge on any atom is -0.481 e. The van der Waals surface area contributed by atoms with Gasteiger partial charge in [0.25, 0.3) is 0 Å². The smallest absolute Gasteiger partial charge is 0.419 e. The zero-order valence-electron chi connectivity index (χ0n) is 11.3. The van der Waals surface area contributed by atoms with E-state index in [0.29, 0.717) is 5.69 Å². The standard InChI is InChI=1S/C13H18N2O4/c1-12(2,3)19-11(18)15-7-9(14-8-15)13(4-5-13)6-10(16)17/h7-8H,4-6H2,1-3H3,(H,16,17). The fraction of sp³-hybridized carbons (Fsp3) is 0.615. The Morgan fingerprint density at radius 3 is 2.58 bits per heavy atom. The van der Waals surface area contributed by atoms with Gasteiger partial charge in [-0.2, -0.15) is 0 Å². The van der Waals surface area contributed by atoms with Crippen LogP contribution < -0.4 is 0 Å². The average molecular weight is 266 g/mol. The normalized spacial score (nSPS) is 17.0. The number of aliphatic carboxylic acids is 1. The van der Waals surface area contributed by atoms with Gasteiger partial charge in [0.15, 0.2) is 0 Å². The molecule has 1 aromatic heterocycles. The summed E-state index contributed by atoms with van der Waals surface area (Å²) in [4.78, 5) is 26.8. The third-order valence-corrected chi connectivity index (χ3v) is 3.07. The van der Waals surface area contributed by atoms with Crippen molar-refractivity contribution in [3.8, 4) is 0 Å². The molecule has 1 aliphatic carbocycles. The Morgan fingerprint density at radius 2 is 2.11 bits per heavy atom. The fourth-order valence-electron chi connectivity index (χ4n) is 1.97. The molecule has 19 heavy (non-hydrogen) atoms.